The van der Waals surface area contributed by atoms with E-state index >= 15 is 0 Å². The molecule has 0 aliphatic heterocycles. The first kappa shape index (κ1) is 15.7. The molecule has 2 aromatic carbocycles. The Bertz CT molecular complexity index is 734. The van der Waals surface area contributed by atoms with Gasteiger partial charge in [0, 0.05) is 17.8 Å². The molecule has 1 unspecified atom stereocenters. The van der Waals surface area contributed by atoms with E-state index in [2.05, 4.69) is 60.4 Å². The maximum absolute atomic E-state index is 6.30. The number of fused-ring (bicyclic) bond motifs is 1. The number of ether oxygens (including phenoxy) is 1. The minimum absolute atomic E-state index is 0.156. The van der Waals surface area contributed by atoms with Gasteiger partial charge in [-0.25, -0.2) is 0 Å². The van der Waals surface area contributed by atoms with Crippen LogP contribution in [-0.4, -0.2) is 4.98 Å². The highest BCUT2D eigenvalue weighted by Gasteiger charge is 2.12. The predicted molar refractivity (Wildman–Crippen MR) is 95.2 cm³/mol. The van der Waals surface area contributed by atoms with Crippen LogP contribution in [0.3, 0.4) is 0 Å². The molecule has 3 rings (SSSR count). The third-order valence-corrected chi connectivity index (χ3v) is 4.21. The lowest BCUT2D eigenvalue weighted by atomic mass is 10.0. The average molecular weight is 305 g/mol. The van der Waals surface area contributed by atoms with E-state index in [4.69, 9.17) is 4.74 Å². The van der Waals surface area contributed by atoms with Gasteiger partial charge in [0.1, 0.15) is 0 Å². The molecule has 0 N–H and O–H groups in total. The summed E-state index contributed by atoms with van der Waals surface area (Å²) in [5, 5.41) is 2.39. The highest BCUT2D eigenvalue weighted by atomic mass is 16.5. The molecule has 2 heteroatoms. The Balaban J connectivity index is 1.77. The number of rotatable bonds is 7. The van der Waals surface area contributed by atoms with E-state index in [-0.39, 0.29) is 6.10 Å². The van der Waals surface area contributed by atoms with E-state index in [1.54, 1.807) is 0 Å². The van der Waals surface area contributed by atoms with Crippen molar-refractivity contribution in [3.63, 3.8) is 0 Å². The first-order valence-electron chi connectivity index (χ1n) is 8.36. The van der Waals surface area contributed by atoms with Gasteiger partial charge in [-0.1, -0.05) is 68.3 Å². The Morgan fingerprint density at radius 2 is 1.87 bits per heavy atom. The van der Waals surface area contributed by atoms with Gasteiger partial charge >= 0.3 is 0 Å². The van der Waals surface area contributed by atoms with Gasteiger partial charge in [0.15, 0.2) is 0 Å². The number of aromatic nitrogens is 1. The molecule has 0 saturated carbocycles. The molecule has 3 aromatic rings. The summed E-state index contributed by atoms with van der Waals surface area (Å²) in [6.45, 7) is 2.84. The van der Waals surface area contributed by atoms with Crippen molar-refractivity contribution in [1.82, 2.24) is 4.98 Å². The van der Waals surface area contributed by atoms with Gasteiger partial charge in [-0.15, -0.1) is 0 Å². The summed E-state index contributed by atoms with van der Waals surface area (Å²) in [5.41, 5.74) is 2.47. The molecule has 0 radical (unpaired) electrons. The number of unbranched alkanes of at least 4 members (excludes halogenated alkanes) is 1. The molecule has 0 bridgehead atoms. The Hall–Kier alpha value is -2.19. The fourth-order valence-electron chi connectivity index (χ4n) is 2.90. The van der Waals surface area contributed by atoms with Crippen LogP contribution < -0.4 is 0 Å². The van der Waals surface area contributed by atoms with E-state index in [9.17, 15) is 0 Å². The fraction of sp³-hybridized carbons (Fsp3) is 0.286. The maximum atomic E-state index is 6.30. The largest absolute Gasteiger partial charge is 0.369 e. The molecule has 0 saturated heterocycles. The second-order valence-electron chi connectivity index (χ2n) is 5.87. The Morgan fingerprint density at radius 3 is 2.70 bits per heavy atom. The molecule has 1 atom stereocenters. The van der Waals surface area contributed by atoms with Crippen LogP contribution in [0.5, 0.6) is 0 Å². The van der Waals surface area contributed by atoms with Gasteiger partial charge in [0.25, 0.3) is 0 Å². The molecule has 0 aliphatic carbocycles. The summed E-state index contributed by atoms with van der Waals surface area (Å²) < 4.78 is 6.30. The zero-order valence-electron chi connectivity index (χ0n) is 13.6. The molecule has 0 spiro atoms. The lowest BCUT2D eigenvalue weighted by molar-refractivity contribution is 0.0330. The number of hydrogen-bond acceptors (Lipinski definition) is 2. The van der Waals surface area contributed by atoms with Crippen LogP contribution in [0.1, 0.15) is 43.4 Å². The molecule has 0 fully saturated rings. The van der Waals surface area contributed by atoms with Gasteiger partial charge in [-0.3, -0.25) is 4.98 Å². The van der Waals surface area contributed by atoms with Crippen molar-refractivity contribution < 1.29 is 4.74 Å². The lowest BCUT2D eigenvalue weighted by Gasteiger charge is -2.19. The van der Waals surface area contributed by atoms with Crippen molar-refractivity contribution in [1.29, 1.82) is 0 Å². The van der Waals surface area contributed by atoms with Crippen LogP contribution in [0.15, 0.2) is 67.0 Å². The molecular formula is C21H23NO. The van der Waals surface area contributed by atoms with Gasteiger partial charge in [-0.05, 0) is 29.0 Å². The zero-order valence-corrected chi connectivity index (χ0v) is 13.6. The van der Waals surface area contributed by atoms with Gasteiger partial charge in [0.2, 0.25) is 0 Å². The van der Waals surface area contributed by atoms with Crippen LogP contribution in [0.2, 0.25) is 0 Å². The zero-order chi connectivity index (χ0) is 15.9. The van der Waals surface area contributed by atoms with Crippen molar-refractivity contribution in [2.45, 2.75) is 38.9 Å². The molecule has 1 aromatic heterocycles. The SMILES string of the molecule is CCCCC(OCc1cccc2ccncc12)c1ccccc1. The lowest BCUT2D eigenvalue weighted by Crippen LogP contribution is -2.05. The van der Waals surface area contributed by atoms with Crippen LogP contribution in [0.25, 0.3) is 10.8 Å². The van der Waals surface area contributed by atoms with E-state index < -0.39 is 0 Å². The number of nitrogens with zero attached hydrogens (tertiary/aromatic N) is 1. The Kier molecular flexibility index (Phi) is 5.38. The van der Waals surface area contributed by atoms with Gasteiger partial charge in [0.05, 0.1) is 12.7 Å². The monoisotopic (exact) mass is 305 g/mol. The third kappa shape index (κ3) is 3.96. The molecule has 0 amide bonds. The van der Waals surface area contributed by atoms with Crippen LogP contribution in [0.4, 0.5) is 0 Å². The van der Waals surface area contributed by atoms with E-state index in [1.807, 2.05) is 18.5 Å². The summed E-state index contributed by atoms with van der Waals surface area (Å²) in [7, 11) is 0. The number of pyridine rings is 1. The van der Waals surface area contributed by atoms with Crippen molar-refractivity contribution in [3.05, 3.63) is 78.1 Å². The second-order valence-corrected chi connectivity index (χ2v) is 5.87. The fourth-order valence-corrected chi connectivity index (χ4v) is 2.90. The van der Waals surface area contributed by atoms with Crippen molar-refractivity contribution >= 4 is 10.8 Å². The van der Waals surface area contributed by atoms with Crippen molar-refractivity contribution in [2.75, 3.05) is 0 Å². The standard InChI is InChI=1S/C21H23NO/c1-2-3-12-21(18-8-5-4-6-9-18)23-16-19-11-7-10-17-13-14-22-15-20(17)19/h4-11,13-15,21H,2-3,12,16H2,1H3. The minimum atomic E-state index is 0.156. The Labute approximate surface area is 138 Å². The molecule has 118 valence electrons. The summed E-state index contributed by atoms with van der Waals surface area (Å²) >= 11 is 0. The summed E-state index contributed by atoms with van der Waals surface area (Å²) in [6, 6.07) is 18.9. The molecular weight excluding hydrogens is 282 g/mol. The first-order chi connectivity index (χ1) is 11.4. The van der Waals surface area contributed by atoms with Crippen molar-refractivity contribution in [3.8, 4) is 0 Å². The topological polar surface area (TPSA) is 22.1 Å². The van der Waals surface area contributed by atoms with Gasteiger partial charge in [-0.2, -0.15) is 0 Å². The van der Waals surface area contributed by atoms with Crippen molar-refractivity contribution in [2.24, 2.45) is 0 Å². The first-order valence-corrected chi connectivity index (χ1v) is 8.36. The van der Waals surface area contributed by atoms with E-state index in [0.29, 0.717) is 6.61 Å². The molecule has 23 heavy (non-hydrogen) atoms. The average Bonchev–Trinajstić information content (AvgIpc) is 2.62. The smallest absolute Gasteiger partial charge is 0.0829 e. The quantitative estimate of drug-likeness (QED) is 0.560. The van der Waals surface area contributed by atoms with Crippen LogP contribution in [-0.2, 0) is 11.3 Å². The third-order valence-electron chi connectivity index (χ3n) is 4.21. The predicted octanol–water partition coefficient (Wildman–Crippen LogP) is 5.68. The normalized spacial score (nSPS) is 12.4. The molecule has 1 heterocycles. The maximum Gasteiger partial charge on any atom is 0.0829 e. The minimum Gasteiger partial charge on any atom is -0.369 e. The highest BCUT2D eigenvalue weighted by molar-refractivity contribution is 5.84. The van der Waals surface area contributed by atoms with Gasteiger partial charge < -0.3 is 4.74 Å². The number of benzene rings is 2. The van der Waals surface area contributed by atoms with Crippen LogP contribution >= 0.6 is 0 Å². The van der Waals surface area contributed by atoms with Crippen LogP contribution in [0, 0.1) is 0 Å². The summed E-state index contributed by atoms with van der Waals surface area (Å²) in [4.78, 5) is 4.25. The number of hydrogen-bond donors (Lipinski definition) is 0. The van der Waals surface area contributed by atoms with E-state index in [1.165, 1.54) is 34.7 Å². The van der Waals surface area contributed by atoms with E-state index in [0.717, 1.165) is 6.42 Å². The molecule has 2 nitrogen and oxygen atoms in total. The molecule has 0 aliphatic rings. The highest BCUT2D eigenvalue weighted by Crippen LogP contribution is 2.26. The Morgan fingerprint density at radius 1 is 1.00 bits per heavy atom. The summed E-state index contributed by atoms with van der Waals surface area (Å²) in [6.07, 6.45) is 7.34. The second kappa shape index (κ2) is 7.89. The summed E-state index contributed by atoms with van der Waals surface area (Å²) in [5.74, 6) is 0.